The molecule has 1 unspecified atom stereocenters. The van der Waals surface area contributed by atoms with Gasteiger partial charge in [0.25, 0.3) is 5.91 Å². The van der Waals surface area contributed by atoms with Gasteiger partial charge in [0.15, 0.2) is 0 Å². The largest absolute Gasteiger partial charge is 0.497 e. The molecule has 0 spiro atoms. The fraction of sp³-hybridized carbons (Fsp3) is 0.154. The van der Waals surface area contributed by atoms with E-state index in [1.54, 1.807) is 14.2 Å². The summed E-state index contributed by atoms with van der Waals surface area (Å²) >= 11 is 6.34. The minimum Gasteiger partial charge on any atom is -0.497 e. The van der Waals surface area contributed by atoms with Gasteiger partial charge in [0.05, 0.1) is 26.0 Å². The second kappa shape index (κ2) is 8.64. The Morgan fingerprint density at radius 1 is 0.970 bits per heavy atom. The number of halogens is 1. The normalized spacial score (nSPS) is 14.9. The molecule has 1 aromatic heterocycles. The Morgan fingerprint density at radius 3 is 2.27 bits per heavy atom. The number of rotatable bonds is 6. The number of nitrogens with one attached hydrogen (secondary N) is 1. The Hall–Kier alpha value is -3.77. The van der Waals surface area contributed by atoms with E-state index in [-0.39, 0.29) is 11.9 Å². The molecular formula is C26H22ClN3O3. The summed E-state index contributed by atoms with van der Waals surface area (Å²) in [6, 6.07) is 22.7. The summed E-state index contributed by atoms with van der Waals surface area (Å²) in [7, 11) is 3.26. The van der Waals surface area contributed by atoms with Crippen LogP contribution in [0.2, 0.25) is 5.02 Å². The minimum atomic E-state index is -0.329. The van der Waals surface area contributed by atoms with Crippen molar-refractivity contribution in [2.45, 2.75) is 12.6 Å². The lowest BCUT2D eigenvalue weighted by atomic mass is 9.96. The molecule has 166 valence electrons. The van der Waals surface area contributed by atoms with Crippen LogP contribution in [0.5, 0.6) is 11.5 Å². The molecule has 1 amide bonds. The van der Waals surface area contributed by atoms with Crippen LogP contribution in [0, 0.1) is 0 Å². The quantitative estimate of drug-likeness (QED) is 0.414. The second-order valence-corrected chi connectivity index (χ2v) is 8.26. The Morgan fingerprint density at radius 2 is 1.64 bits per heavy atom. The summed E-state index contributed by atoms with van der Waals surface area (Å²) in [6.45, 7) is 0.435. The van der Waals surface area contributed by atoms with Crippen molar-refractivity contribution in [1.29, 1.82) is 0 Å². The molecule has 0 radical (unpaired) electrons. The Bertz CT molecular complexity index is 1300. The summed E-state index contributed by atoms with van der Waals surface area (Å²) < 4.78 is 10.6. The monoisotopic (exact) mass is 459 g/mol. The molecule has 33 heavy (non-hydrogen) atoms. The molecule has 1 aliphatic heterocycles. The van der Waals surface area contributed by atoms with E-state index in [9.17, 15) is 4.79 Å². The highest BCUT2D eigenvalue weighted by Crippen LogP contribution is 2.44. The Kier molecular flexibility index (Phi) is 5.52. The summed E-state index contributed by atoms with van der Waals surface area (Å²) in [6.07, 6.45) is 0. The number of hydrogen-bond acceptors (Lipinski definition) is 4. The first-order valence-electron chi connectivity index (χ1n) is 10.5. The van der Waals surface area contributed by atoms with E-state index in [4.69, 9.17) is 21.1 Å². The number of carbonyl (C=O) groups excluding carboxylic acids is 1. The summed E-state index contributed by atoms with van der Waals surface area (Å²) in [4.78, 5) is 15.4. The van der Waals surface area contributed by atoms with E-state index >= 15 is 0 Å². The maximum Gasteiger partial charge on any atom is 0.273 e. The minimum absolute atomic E-state index is 0.0990. The number of fused-ring (bicyclic) bond motifs is 1. The molecule has 3 aromatic carbocycles. The zero-order valence-corrected chi connectivity index (χ0v) is 19.0. The lowest BCUT2D eigenvalue weighted by Crippen LogP contribution is -2.29. The zero-order valence-electron chi connectivity index (χ0n) is 18.2. The smallest absolute Gasteiger partial charge is 0.273 e. The van der Waals surface area contributed by atoms with Gasteiger partial charge in [-0.15, -0.1) is 0 Å². The number of benzene rings is 3. The molecule has 4 aromatic rings. The first kappa shape index (κ1) is 21.1. The van der Waals surface area contributed by atoms with Crippen molar-refractivity contribution >= 4 is 17.5 Å². The second-order valence-electron chi connectivity index (χ2n) is 7.83. The SMILES string of the molecule is COc1ccc(CN2C(=O)c3[nH]nc(-c4ccc(OC)cc4)c3C2c2cccc(Cl)c2)cc1. The molecule has 1 N–H and O–H groups in total. The molecule has 2 heterocycles. The van der Waals surface area contributed by atoms with Gasteiger partial charge in [-0.1, -0.05) is 35.9 Å². The van der Waals surface area contributed by atoms with Gasteiger partial charge in [-0.3, -0.25) is 9.89 Å². The highest BCUT2D eigenvalue weighted by molar-refractivity contribution is 6.30. The number of methoxy groups -OCH3 is 2. The molecule has 0 aliphatic carbocycles. The van der Waals surface area contributed by atoms with E-state index in [1.807, 2.05) is 77.7 Å². The van der Waals surface area contributed by atoms with Gasteiger partial charge in [0.1, 0.15) is 17.2 Å². The molecule has 0 bridgehead atoms. The predicted octanol–water partition coefficient (Wildman–Crippen LogP) is 5.49. The third-order valence-corrected chi connectivity index (χ3v) is 6.14. The number of ether oxygens (including phenoxy) is 2. The zero-order chi connectivity index (χ0) is 22.9. The van der Waals surface area contributed by atoms with E-state index in [0.717, 1.165) is 39.4 Å². The lowest BCUT2D eigenvalue weighted by Gasteiger charge is -2.26. The van der Waals surface area contributed by atoms with Gasteiger partial charge in [-0.25, -0.2) is 0 Å². The van der Waals surface area contributed by atoms with Crippen LogP contribution in [0.1, 0.15) is 33.2 Å². The number of nitrogens with zero attached hydrogens (tertiary/aromatic N) is 2. The molecular weight excluding hydrogens is 438 g/mol. The molecule has 0 saturated heterocycles. The maximum absolute atomic E-state index is 13.5. The summed E-state index contributed by atoms with van der Waals surface area (Å²) in [5.74, 6) is 1.43. The molecule has 1 atom stereocenters. The van der Waals surface area contributed by atoms with Crippen molar-refractivity contribution in [3.63, 3.8) is 0 Å². The fourth-order valence-corrected chi connectivity index (χ4v) is 4.48. The molecule has 7 heteroatoms. The first-order valence-corrected chi connectivity index (χ1v) is 10.9. The van der Waals surface area contributed by atoms with Gasteiger partial charge in [0.2, 0.25) is 0 Å². The highest BCUT2D eigenvalue weighted by Gasteiger charge is 2.42. The van der Waals surface area contributed by atoms with Crippen LogP contribution in [0.4, 0.5) is 0 Å². The topological polar surface area (TPSA) is 67.5 Å². The third kappa shape index (κ3) is 3.83. The van der Waals surface area contributed by atoms with Gasteiger partial charge >= 0.3 is 0 Å². The predicted molar refractivity (Wildman–Crippen MR) is 127 cm³/mol. The highest BCUT2D eigenvalue weighted by atomic mass is 35.5. The fourth-order valence-electron chi connectivity index (χ4n) is 4.28. The molecule has 0 fully saturated rings. The third-order valence-electron chi connectivity index (χ3n) is 5.90. The van der Waals surface area contributed by atoms with Crippen LogP contribution in [-0.4, -0.2) is 35.2 Å². The maximum atomic E-state index is 13.5. The number of aromatic nitrogens is 2. The van der Waals surface area contributed by atoms with Crippen LogP contribution < -0.4 is 9.47 Å². The van der Waals surface area contributed by atoms with Crippen LogP contribution in [0.25, 0.3) is 11.3 Å². The van der Waals surface area contributed by atoms with Gasteiger partial charge in [-0.2, -0.15) is 5.10 Å². The average molecular weight is 460 g/mol. The number of H-pyrrole nitrogens is 1. The van der Waals surface area contributed by atoms with Crippen molar-refractivity contribution in [2.24, 2.45) is 0 Å². The van der Waals surface area contributed by atoms with Gasteiger partial charge in [-0.05, 0) is 59.7 Å². The van der Waals surface area contributed by atoms with E-state index in [1.165, 1.54) is 0 Å². The molecule has 1 aliphatic rings. The molecule has 5 rings (SSSR count). The Labute approximate surface area is 196 Å². The number of amides is 1. The summed E-state index contributed by atoms with van der Waals surface area (Å²) in [5, 5.41) is 8.12. The number of hydrogen-bond donors (Lipinski definition) is 1. The average Bonchev–Trinajstić information content (AvgIpc) is 3.39. The van der Waals surface area contributed by atoms with Crippen LogP contribution in [0.15, 0.2) is 72.8 Å². The Balaban J connectivity index is 1.60. The number of carbonyl (C=O) groups is 1. The lowest BCUT2D eigenvalue weighted by molar-refractivity contribution is 0.0730. The van der Waals surface area contributed by atoms with Crippen molar-refractivity contribution < 1.29 is 14.3 Å². The number of aromatic amines is 1. The standard InChI is InChI=1S/C26H22ClN3O3/c1-32-20-10-6-16(7-11-20)15-30-25(18-4-3-5-19(27)14-18)22-23(28-29-24(22)26(30)31)17-8-12-21(33-2)13-9-17/h3-14,25H,15H2,1-2H3,(H,28,29). The van der Waals surface area contributed by atoms with Gasteiger partial charge < -0.3 is 14.4 Å². The van der Waals surface area contributed by atoms with Crippen molar-refractivity contribution in [1.82, 2.24) is 15.1 Å². The van der Waals surface area contributed by atoms with Crippen molar-refractivity contribution in [3.8, 4) is 22.8 Å². The van der Waals surface area contributed by atoms with Crippen molar-refractivity contribution in [2.75, 3.05) is 14.2 Å². The molecule has 0 saturated carbocycles. The molecule has 6 nitrogen and oxygen atoms in total. The summed E-state index contributed by atoms with van der Waals surface area (Å²) in [5.41, 5.74) is 4.92. The van der Waals surface area contributed by atoms with E-state index < -0.39 is 0 Å². The van der Waals surface area contributed by atoms with Crippen LogP contribution >= 0.6 is 11.6 Å². The van der Waals surface area contributed by atoms with E-state index in [2.05, 4.69) is 10.2 Å². The van der Waals surface area contributed by atoms with Crippen LogP contribution in [-0.2, 0) is 6.54 Å². The first-order chi connectivity index (χ1) is 16.1. The van der Waals surface area contributed by atoms with Crippen molar-refractivity contribution in [3.05, 3.63) is 100 Å². The van der Waals surface area contributed by atoms with E-state index in [0.29, 0.717) is 17.3 Å². The van der Waals surface area contributed by atoms with Crippen LogP contribution in [0.3, 0.4) is 0 Å². The van der Waals surface area contributed by atoms with Gasteiger partial charge in [0, 0.05) is 22.7 Å².